The molecule has 0 radical (unpaired) electrons. The summed E-state index contributed by atoms with van der Waals surface area (Å²) in [6.45, 7) is 13.5. The van der Waals surface area contributed by atoms with Gasteiger partial charge >= 0.3 is 6.09 Å². The molecule has 1 aromatic heterocycles. The Hall–Kier alpha value is -1.85. The standard InChI is InChI=1S/C18H30N4O2/c1-12-10-19-14(3)16(20-12)22-9-7-8-15(11-22)13(2)21-17(23)24-18(4,5)6/h10,13,15H,7-9,11H2,1-6H3,(H,21,23)/t13-,15+/m1/s1. The first kappa shape index (κ1) is 18.5. The second-order valence-corrected chi connectivity index (χ2v) is 7.70. The van der Waals surface area contributed by atoms with Crippen LogP contribution in [0.15, 0.2) is 6.20 Å². The van der Waals surface area contributed by atoms with Crippen LogP contribution in [0.5, 0.6) is 0 Å². The number of piperidine rings is 1. The van der Waals surface area contributed by atoms with Gasteiger partial charge in [-0.15, -0.1) is 0 Å². The molecule has 0 spiro atoms. The van der Waals surface area contributed by atoms with Crippen LogP contribution in [0.1, 0.15) is 51.9 Å². The molecule has 1 fully saturated rings. The molecule has 6 nitrogen and oxygen atoms in total. The van der Waals surface area contributed by atoms with Crippen LogP contribution in [0.2, 0.25) is 0 Å². The summed E-state index contributed by atoms with van der Waals surface area (Å²) in [7, 11) is 0. The van der Waals surface area contributed by atoms with Crippen molar-refractivity contribution >= 4 is 11.9 Å². The minimum absolute atomic E-state index is 0.0562. The van der Waals surface area contributed by atoms with Gasteiger partial charge in [0.25, 0.3) is 0 Å². The Morgan fingerprint density at radius 1 is 1.42 bits per heavy atom. The van der Waals surface area contributed by atoms with Gasteiger partial charge in [0, 0.05) is 25.3 Å². The van der Waals surface area contributed by atoms with Crippen LogP contribution < -0.4 is 10.2 Å². The van der Waals surface area contributed by atoms with Gasteiger partial charge in [-0.1, -0.05) is 0 Å². The fraction of sp³-hybridized carbons (Fsp3) is 0.722. The van der Waals surface area contributed by atoms with Crippen molar-refractivity contribution in [1.82, 2.24) is 15.3 Å². The summed E-state index contributed by atoms with van der Waals surface area (Å²) in [5.74, 6) is 1.33. The predicted octanol–water partition coefficient (Wildman–Crippen LogP) is 3.22. The third kappa shape index (κ3) is 5.08. The summed E-state index contributed by atoms with van der Waals surface area (Å²) in [4.78, 5) is 23.4. The Morgan fingerprint density at radius 3 is 2.79 bits per heavy atom. The smallest absolute Gasteiger partial charge is 0.407 e. The van der Waals surface area contributed by atoms with E-state index in [-0.39, 0.29) is 12.1 Å². The van der Waals surface area contributed by atoms with Crippen molar-refractivity contribution in [2.24, 2.45) is 5.92 Å². The Balaban J connectivity index is 1.99. The molecule has 1 aromatic rings. The molecule has 6 heteroatoms. The Kier molecular flexibility index (Phi) is 5.67. The van der Waals surface area contributed by atoms with Crippen molar-refractivity contribution in [3.63, 3.8) is 0 Å². The maximum atomic E-state index is 12.0. The van der Waals surface area contributed by atoms with E-state index in [1.807, 2.05) is 41.5 Å². The summed E-state index contributed by atoms with van der Waals surface area (Å²) >= 11 is 0. The lowest BCUT2D eigenvalue weighted by atomic mass is 9.91. The van der Waals surface area contributed by atoms with Crippen LogP contribution in [0.25, 0.3) is 0 Å². The van der Waals surface area contributed by atoms with Gasteiger partial charge in [-0.05, 0) is 60.3 Å². The van der Waals surface area contributed by atoms with E-state index in [2.05, 4.69) is 20.2 Å². The zero-order valence-corrected chi connectivity index (χ0v) is 15.7. The second kappa shape index (κ2) is 7.36. The van der Waals surface area contributed by atoms with Crippen molar-refractivity contribution < 1.29 is 9.53 Å². The molecule has 24 heavy (non-hydrogen) atoms. The number of hydrogen-bond donors (Lipinski definition) is 1. The Morgan fingerprint density at radius 2 is 2.12 bits per heavy atom. The highest BCUT2D eigenvalue weighted by Gasteiger charge is 2.28. The maximum absolute atomic E-state index is 12.0. The normalized spacial score (nSPS) is 19.8. The van der Waals surface area contributed by atoms with Crippen molar-refractivity contribution in [3.8, 4) is 0 Å². The number of ether oxygens (including phenoxy) is 1. The molecular formula is C18H30N4O2. The number of anilines is 1. The number of carbonyl (C=O) groups is 1. The second-order valence-electron chi connectivity index (χ2n) is 7.70. The average molecular weight is 334 g/mol. The highest BCUT2D eigenvalue weighted by atomic mass is 16.6. The minimum atomic E-state index is -0.476. The lowest BCUT2D eigenvalue weighted by molar-refractivity contribution is 0.0489. The molecule has 1 amide bonds. The van der Waals surface area contributed by atoms with E-state index < -0.39 is 5.60 Å². The average Bonchev–Trinajstić information content (AvgIpc) is 2.48. The first-order valence-electron chi connectivity index (χ1n) is 8.70. The molecule has 2 rings (SSSR count). The van der Waals surface area contributed by atoms with Gasteiger partial charge in [-0.3, -0.25) is 4.98 Å². The number of amides is 1. The molecule has 0 saturated carbocycles. The SMILES string of the molecule is Cc1cnc(C)c(N2CCC[C@H]([C@@H](C)NC(=O)OC(C)(C)C)C2)n1. The van der Waals surface area contributed by atoms with Crippen LogP contribution in [0.3, 0.4) is 0 Å². The van der Waals surface area contributed by atoms with E-state index in [9.17, 15) is 4.79 Å². The van der Waals surface area contributed by atoms with Crippen molar-refractivity contribution in [3.05, 3.63) is 17.6 Å². The predicted molar refractivity (Wildman–Crippen MR) is 95.3 cm³/mol. The van der Waals surface area contributed by atoms with Crippen LogP contribution in [0.4, 0.5) is 10.6 Å². The molecule has 0 aromatic carbocycles. The monoisotopic (exact) mass is 334 g/mol. The molecule has 0 unspecified atom stereocenters. The Labute approximate surface area is 145 Å². The number of rotatable bonds is 3. The van der Waals surface area contributed by atoms with Gasteiger partial charge in [0.15, 0.2) is 0 Å². The molecule has 1 saturated heterocycles. The number of alkyl carbamates (subject to hydrolysis) is 1. The van der Waals surface area contributed by atoms with Gasteiger partial charge in [-0.25, -0.2) is 9.78 Å². The van der Waals surface area contributed by atoms with Crippen molar-refractivity contribution in [2.75, 3.05) is 18.0 Å². The largest absolute Gasteiger partial charge is 0.444 e. The summed E-state index contributed by atoms with van der Waals surface area (Å²) in [6, 6.07) is 0.0562. The maximum Gasteiger partial charge on any atom is 0.407 e. The first-order chi connectivity index (χ1) is 11.2. The van der Waals surface area contributed by atoms with E-state index >= 15 is 0 Å². The van der Waals surface area contributed by atoms with E-state index in [0.29, 0.717) is 5.92 Å². The highest BCUT2D eigenvalue weighted by molar-refractivity contribution is 5.68. The quantitative estimate of drug-likeness (QED) is 0.919. The number of aryl methyl sites for hydroxylation is 2. The number of nitrogens with zero attached hydrogens (tertiary/aromatic N) is 3. The van der Waals surface area contributed by atoms with Crippen molar-refractivity contribution in [2.45, 2.75) is 66.0 Å². The fourth-order valence-electron chi connectivity index (χ4n) is 3.05. The lowest BCUT2D eigenvalue weighted by Crippen LogP contribution is -2.47. The summed E-state index contributed by atoms with van der Waals surface area (Å²) in [5.41, 5.74) is 1.41. The lowest BCUT2D eigenvalue weighted by Gasteiger charge is -2.37. The number of hydrogen-bond acceptors (Lipinski definition) is 5. The molecule has 134 valence electrons. The third-order valence-corrected chi connectivity index (χ3v) is 4.26. The van der Waals surface area contributed by atoms with Gasteiger partial charge in [0.2, 0.25) is 0 Å². The molecule has 0 aliphatic carbocycles. The third-order valence-electron chi connectivity index (χ3n) is 4.26. The zero-order valence-electron chi connectivity index (χ0n) is 15.7. The van der Waals surface area contributed by atoms with Gasteiger partial charge in [0.1, 0.15) is 11.4 Å². The van der Waals surface area contributed by atoms with Crippen LogP contribution in [-0.4, -0.2) is 40.8 Å². The minimum Gasteiger partial charge on any atom is -0.444 e. The van der Waals surface area contributed by atoms with E-state index in [4.69, 9.17) is 4.74 Å². The van der Waals surface area contributed by atoms with E-state index in [1.165, 1.54) is 0 Å². The molecule has 1 N–H and O–H groups in total. The van der Waals surface area contributed by atoms with Crippen LogP contribution in [-0.2, 0) is 4.74 Å². The topological polar surface area (TPSA) is 67.4 Å². The fourth-order valence-corrected chi connectivity index (χ4v) is 3.05. The number of aromatic nitrogens is 2. The number of carbonyl (C=O) groups excluding carboxylic acids is 1. The molecule has 2 atom stereocenters. The van der Waals surface area contributed by atoms with Gasteiger partial charge in [0.05, 0.1) is 11.4 Å². The molecule has 1 aliphatic heterocycles. The van der Waals surface area contributed by atoms with E-state index in [0.717, 1.165) is 43.1 Å². The van der Waals surface area contributed by atoms with Crippen molar-refractivity contribution in [1.29, 1.82) is 0 Å². The molecular weight excluding hydrogens is 304 g/mol. The number of nitrogens with one attached hydrogen (secondary N) is 1. The Bertz CT molecular complexity index is 583. The molecule has 0 bridgehead atoms. The van der Waals surface area contributed by atoms with Gasteiger partial charge < -0.3 is 15.0 Å². The molecule has 2 heterocycles. The van der Waals surface area contributed by atoms with Crippen LogP contribution in [0, 0.1) is 19.8 Å². The highest BCUT2D eigenvalue weighted by Crippen LogP contribution is 2.25. The van der Waals surface area contributed by atoms with Crippen LogP contribution >= 0.6 is 0 Å². The summed E-state index contributed by atoms with van der Waals surface area (Å²) in [6.07, 6.45) is 3.62. The summed E-state index contributed by atoms with van der Waals surface area (Å²) in [5, 5.41) is 2.98. The summed E-state index contributed by atoms with van der Waals surface area (Å²) < 4.78 is 5.36. The van der Waals surface area contributed by atoms with E-state index in [1.54, 1.807) is 6.20 Å². The zero-order chi connectivity index (χ0) is 17.9. The van der Waals surface area contributed by atoms with Gasteiger partial charge in [-0.2, -0.15) is 0 Å². The first-order valence-corrected chi connectivity index (χ1v) is 8.70. The molecule has 1 aliphatic rings.